The number of hydrogen-bond acceptors (Lipinski definition) is 3. The third kappa shape index (κ3) is 8.38. The fourth-order valence-electron chi connectivity index (χ4n) is 4.66. The Bertz CT molecular complexity index is 1120. The molecule has 1 aromatic heterocycles. The maximum Gasteiger partial charge on any atom is 0.242 e. The van der Waals surface area contributed by atoms with E-state index >= 15 is 0 Å². The Balaban J connectivity index is 1.71. The number of hydrogen-bond donors (Lipinski definition) is 1. The topological polar surface area (TPSA) is 65.6 Å². The molecule has 1 N–H and O–H groups in total. The molecular formula is C31H43N3O3. The van der Waals surface area contributed by atoms with E-state index in [9.17, 15) is 9.59 Å². The number of amides is 2. The third-order valence-electron chi connectivity index (χ3n) is 6.95. The first-order valence-corrected chi connectivity index (χ1v) is 13.7. The number of carbonyl (C=O) groups is 2. The van der Waals surface area contributed by atoms with E-state index in [0.29, 0.717) is 19.5 Å². The van der Waals surface area contributed by atoms with Gasteiger partial charge < -0.3 is 19.5 Å². The van der Waals surface area contributed by atoms with Crippen LogP contribution in [0.3, 0.4) is 0 Å². The number of methoxy groups -OCH3 is 1. The smallest absolute Gasteiger partial charge is 0.242 e. The SMILES string of the molecule is CCCCCCCC(=O)N(CC(=O)N(CCc1c[nH]c2ccccc12)Cc1ccc(OC)cc1)C(C)C. The molecule has 0 spiro atoms. The van der Waals surface area contributed by atoms with Crippen molar-refractivity contribution in [1.82, 2.24) is 14.8 Å². The molecule has 0 bridgehead atoms. The molecule has 1 heterocycles. The van der Waals surface area contributed by atoms with Crippen LogP contribution in [0.4, 0.5) is 0 Å². The number of H-pyrrole nitrogens is 1. The highest BCUT2D eigenvalue weighted by Gasteiger charge is 2.23. The summed E-state index contributed by atoms with van der Waals surface area (Å²) in [4.78, 5) is 33.6. The van der Waals surface area contributed by atoms with Gasteiger partial charge in [0.05, 0.1) is 13.7 Å². The van der Waals surface area contributed by atoms with Gasteiger partial charge in [-0.2, -0.15) is 0 Å². The van der Waals surface area contributed by atoms with Crippen molar-refractivity contribution in [2.24, 2.45) is 0 Å². The Hall–Kier alpha value is -3.28. The quantitative estimate of drug-likeness (QED) is 0.245. The summed E-state index contributed by atoms with van der Waals surface area (Å²) >= 11 is 0. The molecule has 0 aliphatic carbocycles. The van der Waals surface area contributed by atoms with Crippen molar-refractivity contribution in [2.45, 2.75) is 78.3 Å². The van der Waals surface area contributed by atoms with Crippen LogP contribution in [0.25, 0.3) is 10.9 Å². The average Bonchev–Trinajstić information content (AvgIpc) is 3.32. The molecule has 2 amide bonds. The zero-order chi connectivity index (χ0) is 26.6. The van der Waals surface area contributed by atoms with E-state index < -0.39 is 0 Å². The van der Waals surface area contributed by atoms with Gasteiger partial charge >= 0.3 is 0 Å². The number of benzene rings is 2. The van der Waals surface area contributed by atoms with Crippen LogP contribution in [0.5, 0.6) is 5.75 Å². The van der Waals surface area contributed by atoms with Crippen LogP contribution in [-0.2, 0) is 22.6 Å². The Kier molecular flexibility index (Phi) is 11.1. The van der Waals surface area contributed by atoms with Gasteiger partial charge in [-0.15, -0.1) is 0 Å². The van der Waals surface area contributed by atoms with Crippen molar-refractivity contribution in [3.05, 3.63) is 65.9 Å². The summed E-state index contributed by atoms with van der Waals surface area (Å²) < 4.78 is 5.29. The highest BCUT2D eigenvalue weighted by Crippen LogP contribution is 2.20. The van der Waals surface area contributed by atoms with Crippen LogP contribution in [0.15, 0.2) is 54.7 Å². The molecule has 0 saturated carbocycles. The molecule has 3 rings (SSSR count). The van der Waals surface area contributed by atoms with Gasteiger partial charge in [-0.3, -0.25) is 9.59 Å². The van der Waals surface area contributed by atoms with Gasteiger partial charge in [-0.25, -0.2) is 0 Å². The first-order valence-electron chi connectivity index (χ1n) is 13.7. The lowest BCUT2D eigenvalue weighted by atomic mass is 10.1. The largest absolute Gasteiger partial charge is 0.497 e. The van der Waals surface area contributed by atoms with Crippen LogP contribution in [0.1, 0.15) is 70.4 Å². The van der Waals surface area contributed by atoms with Crippen LogP contribution < -0.4 is 4.74 Å². The monoisotopic (exact) mass is 505 g/mol. The molecular weight excluding hydrogens is 462 g/mol. The summed E-state index contributed by atoms with van der Waals surface area (Å²) in [5.41, 5.74) is 3.32. The minimum absolute atomic E-state index is 0.0244. The summed E-state index contributed by atoms with van der Waals surface area (Å²) in [5, 5.41) is 1.18. The standard InChI is InChI=1S/C31H43N3O3/c1-5-6-7-8-9-14-30(35)34(24(2)3)23-31(36)33(22-25-15-17-27(37-4)18-16-25)20-19-26-21-32-29-13-11-10-12-28(26)29/h10-13,15-18,21,24,32H,5-9,14,19-20,22-23H2,1-4H3. The number of ether oxygens (including phenoxy) is 1. The van der Waals surface area contributed by atoms with Crippen molar-refractivity contribution in [1.29, 1.82) is 0 Å². The lowest BCUT2D eigenvalue weighted by Crippen LogP contribution is -2.46. The van der Waals surface area contributed by atoms with Crippen LogP contribution >= 0.6 is 0 Å². The molecule has 37 heavy (non-hydrogen) atoms. The number of carbonyl (C=O) groups excluding carboxylic acids is 2. The number of aromatic nitrogens is 1. The Morgan fingerprint density at radius 2 is 1.68 bits per heavy atom. The fourth-order valence-corrected chi connectivity index (χ4v) is 4.66. The molecule has 6 heteroatoms. The maximum absolute atomic E-state index is 13.6. The number of unbranched alkanes of at least 4 members (excludes halogenated alkanes) is 4. The minimum Gasteiger partial charge on any atom is -0.497 e. The van der Waals surface area contributed by atoms with Gasteiger partial charge in [-0.05, 0) is 56.0 Å². The number of rotatable bonds is 15. The summed E-state index contributed by atoms with van der Waals surface area (Å²) in [5.74, 6) is 0.834. The van der Waals surface area contributed by atoms with Crippen LogP contribution in [-0.4, -0.2) is 52.8 Å². The molecule has 3 aromatic rings. The van der Waals surface area contributed by atoms with E-state index in [1.165, 1.54) is 23.8 Å². The molecule has 6 nitrogen and oxygen atoms in total. The molecule has 0 aliphatic heterocycles. The second-order valence-electron chi connectivity index (χ2n) is 10.1. The van der Waals surface area contributed by atoms with Crippen molar-refractivity contribution >= 4 is 22.7 Å². The Labute approximate surface area is 222 Å². The van der Waals surface area contributed by atoms with Crippen LogP contribution in [0, 0.1) is 0 Å². The minimum atomic E-state index is -0.0245. The molecule has 0 aliphatic rings. The van der Waals surface area contributed by atoms with Crippen molar-refractivity contribution in [3.8, 4) is 5.75 Å². The van der Waals surface area contributed by atoms with E-state index in [2.05, 4.69) is 24.0 Å². The van der Waals surface area contributed by atoms with Gasteiger partial charge in [0.1, 0.15) is 5.75 Å². The third-order valence-corrected chi connectivity index (χ3v) is 6.95. The number of nitrogens with zero attached hydrogens (tertiary/aromatic N) is 2. The summed E-state index contributed by atoms with van der Waals surface area (Å²) in [6.07, 6.45) is 8.76. The highest BCUT2D eigenvalue weighted by molar-refractivity contribution is 5.85. The lowest BCUT2D eigenvalue weighted by Gasteiger charge is -2.30. The predicted molar refractivity (Wildman–Crippen MR) is 151 cm³/mol. The number of para-hydroxylation sites is 1. The Morgan fingerprint density at radius 1 is 0.946 bits per heavy atom. The van der Waals surface area contributed by atoms with E-state index in [1.807, 2.05) is 61.3 Å². The second kappa shape index (κ2) is 14.5. The zero-order valence-corrected chi connectivity index (χ0v) is 23.0. The van der Waals surface area contributed by atoms with Crippen molar-refractivity contribution < 1.29 is 14.3 Å². The van der Waals surface area contributed by atoms with Gasteiger partial charge in [0.25, 0.3) is 0 Å². The average molecular weight is 506 g/mol. The van der Waals surface area contributed by atoms with Gasteiger partial charge in [0.15, 0.2) is 0 Å². The molecule has 0 unspecified atom stereocenters. The van der Waals surface area contributed by atoms with Crippen LogP contribution in [0.2, 0.25) is 0 Å². The predicted octanol–water partition coefficient (Wildman–Crippen LogP) is 6.35. The number of aromatic amines is 1. The molecule has 200 valence electrons. The molecule has 0 saturated heterocycles. The fraction of sp³-hybridized carbons (Fsp3) is 0.484. The summed E-state index contributed by atoms with van der Waals surface area (Å²) in [7, 11) is 1.65. The van der Waals surface area contributed by atoms with Crippen molar-refractivity contribution in [2.75, 3.05) is 20.2 Å². The lowest BCUT2D eigenvalue weighted by molar-refractivity contribution is -0.142. The number of fused-ring (bicyclic) bond motifs is 1. The van der Waals surface area contributed by atoms with E-state index in [0.717, 1.165) is 42.5 Å². The normalized spacial score (nSPS) is 11.2. The van der Waals surface area contributed by atoms with Gasteiger partial charge in [-0.1, -0.05) is 62.9 Å². The molecule has 0 radical (unpaired) electrons. The van der Waals surface area contributed by atoms with E-state index in [4.69, 9.17) is 4.74 Å². The molecule has 0 atom stereocenters. The maximum atomic E-state index is 13.6. The first kappa shape index (κ1) is 28.3. The summed E-state index contributed by atoms with van der Waals surface area (Å²) in [6.45, 7) is 7.33. The number of nitrogens with one attached hydrogen (secondary N) is 1. The zero-order valence-electron chi connectivity index (χ0n) is 23.0. The Morgan fingerprint density at radius 3 is 2.38 bits per heavy atom. The van der Waals surface area contributed by atoms with E-state index in [-0.39, 0.29) is 24.4 Å². The van der Waals surface area contributed by atoms with E-state index in [1.54, 1.807) is 12.0 Å². The molecule has 2 aromatic carbocycles. The highest BCUT2D eigenvalue weighted by atomic mass is 16.5. The van der Waals surface area contributed by atoms with Gasteiger partial charge in [0, 0.05) is 42.7 Å². The second-order valence-corrected chi connectivity index (χ2v) is 10.1. The first-order chi connectivity index (χ1) is 17.9. The summed E-state index contributed by atoms with van der Waals surface area (Å²) in [6, 6.07) is 16.0. The molecule has 0 fully saturated rings. The van der Waals surface area contributed by atoms with Gasteiger partial charge in [0.2, 0.25) is 11.8 Å². The van der Waals surface area contributed by atoms with Crippen molar-refractivity contribution in [3.63, 3.8) is 0 Å².